The number of carbonyl (C=O) groups is 1. The lowest BCUT2D eigenvalue weighted by Crippen LogP contribution is -2.24. The number of fused-ring (bicyclic) bond motifs is 1. The van der Waals surface area contributed by atoms with Gasteiger partial charge in [0.05, 0.1) is 13.0 Å². The molecule has 18 heavy (non-hydrogen) atoms. The molecule has 0 radical (unpaired) electrons. The summed E-state index contributed by atoms with van der Waals surface area (Å²) in [5.41, 5.74) is 0.605. The molecule has 0 fully saturated rings. The van der Waals surface area contributed by atoms with E-state index in [1.807, 2.05) is 0 Å². The fourth-order valence-electron chi connectivity index (χ4n) is 1.93. The molecule has 0 saturated carbocycles. The molecule has 0 saturated heterocycles. The van der Waals surface area contributed by atoms with Gasteiger partial charge in [0.25, 0.3) is 0 Å². The number of rotatable bonds is 2. The Morgan fingerprint density at radius 2 is 2.17 bits per heavy atom. The number of methoxy groups -OCH3 is 1. The molecular weight excluding hydrogens is 265 g/mol. The average Bonchev–Trinajstić information content (AvgIpc) is 2.65. The molecule has 1 aliphatic rings. The van der Waals surface area contributed by atoms with Crippen LogP contribution in [0.25, 0.3) is 6.08 Å². The minimum atomic E-state index is -4.25. The third-order valence-electron chi connectivity index (χ3n) is 2.82. The highest BCUT2D eigenvalue weighted by Crippen LogP contribution is 2.43. The molecule has 1 atom stereocenters. The SMILES string of the molecule is COc1c(C(C)=O)sc2c1C=CC(C(F)(F)F)C2. The van der Waals surface area contributed by atoms with Crippen LogP contribution >= 0.6 is 11.3 Å². The first-order valence-corrected chi connectivity index (χ1v) is 6.11. The summed E-state index contributed by atoms with van der Waals surface area (Å²) in [7, 11) is 1.42. The number of Topliss-reactive ketones (excluding diaryl/α,β-unsaturated/α-hetero) is 1. The normalized spacial score (nSPS) is 18.6. The number of ether oxygens (including phenoxy) is 1. The molecule has 1 aromatic heterocycles. The fraction of sp³-hybridized carbons (Fsp3) is 0.417. The van der Waals surface area contributed by atoms with Gasteiger partial charge in [0, 0.05) is 17.4 Å². The standard InChI is InChI=1S/C12H11F3O2S/c1-6(16)11-10(17-2)8-4-3-7(12(13,14)15)5-9(8)18-11/h3-4,7H,5H2,1-2H3. The summed E-state index contributed by atoms with van der Waals surface area (Å²) >= 11 is 1.09. The lowest BCUT2D eigenvalue weighted by Gasteiger charge is -2.19. The van der Waals surface area contributed by atoms with E-state index in [2.05, 4.69) is 0 Å². The first kappa shape index (κ1) is 13.1. The summed E-state index contributed by atoms with van der Waals surface area (Å²) in [6, 6.07) is 0. The van der Waals surface area contributed by atoms with Gasteiger partial charge >= 0.3 is 6.18 Å². The Bertz CT molecular complexity index is 514. The maximum Gasteiger partial charge on any atom is 0.395 e. The first-order chi connectivity index (χ1) is 8.34. The second-order valence-electron chi connectivity index (χ2n) is 4.07. The summed E-state index contributed by atoms with van der Waals surface area (Å²) in [6.45, 7) is 1.38. The van der Waals surface area contributed by atoms with Crippen molar-refractivity contribution in [3.63, 3.8) is 0 Å². The lowest BCUT2D eigenvalue weighted by molar-refractivity contribution is -0.160. The van der Waals surface area contributed by atoms with Crippen LogP contribution in [-0.4, -0.2) is 19.1 Å². The number of hydrogen-bond donors (Lipinski definition) is 0. The van der Waals surface area contributed by atoms with Crippen molar-refractivity contribution >= 4 is 23.2 Å². The number of carbonyl (C=O) groups excluding carboxylic acids is 1. The van der Waals surface area contributed by atoms with Crippen molar-refractivity contribution in [2.24, 2.45) is 5.92 Å². The van der Waals surface area contributed by atoms with Crippen molar-refractivity contribution < 1.29 is 22.7 Å². The molecule has 0 aliphatic heterocycles. The van der Waals surface area contributed by atoms with Gasteiger partial charge in [0.1, 0.15) is 10.6 Å². The monoisotopic (exact) mass is 276 g/mol. The number of alkyl halides is 3. The molecule has 1 aromatic rings. The zero-order chi connectivity index (χ0) is 13.5. The number of allylic oxidation sites excluding steroid dienone is 1. The van der Waals surface area contributed by atoms with Crippen molar-refractivity contribution in [3.05, 3.63) is 21.4 Å². The Morgan fingerprint density at radius 1 is 1.50 bits per heavy atom. The number of hydrogen-bond acceptors (Lipinski definition) is 3. The molecule has 1 unspecified atom stereocenters. The maximum atomic E-state index is 12.6. The summed E-state index contributed by atoms with van der Waals surface area (Å²) in [4.78, 5) is 12.3. The van der Waals surface area contributed by atoms with Gasteiger partial charge in [-0.3, -0.25) is 4.79 Å². The largest absolute Gasteiger partial charge is 0.494 e. The topological polar surface area (TPSA) is 26.3 Å². The molecule has 0 spiro atoms. The van der Waals surface area contributed by atoms with Gasteiger partial charge in [0.15, 0.2) is 5.78 Å². The Hall–Kier alpha value is -1.30. The molecule has 0 N–H and O–H groups in total. The van der Waals surface area contributed by atoms with E-state index in [4.69, 9.17) is 4.74 Å². The predicted molar refractivity (Wildman–Crippen MR) is 63.2 cm³/mol. The number of halogens is 3. The van der Waals surface area contributed by atoms with E-state index < -0.39 is 12.1 Å². The van der Waals surface area contributed by atoms with Gasteiger partial charge < -0.3 is 4.74 Å². The Kier molecular flexibility index (Phi) is 3.23. The third kappa shape index (κ3) is 2.16. The van der Waals surface area contributed by atoms with Crippen LogP contribution in [0.3, 0.4) is 0 Å². The molecule has 0 aromatic carbocycles. The van der Waals surface area contributed by atoms with E-state index in [1.54, 1.807) is 0 Å². The van der Waals surface area contributed by atoms with Crippen LogP contribution in [0.5, 0.6) is 5.75 Å². The summed E-state index contributed by atoms with van der Waals surface area (Å²) < 4.78 is 43.0. The molecule has 0 amide bonds. The van der Waals surface area contributed by atoms with Crippen LogP contribution in [0.2, 0.25) is 0 Å². The fourth-order valence-corrected chi connectivity index (χ4v) is 3.14. The summed E-state index contributed by atoms with van der Waals surface area (Å²) in [6.07, 6.45) is -1.84. The van der Waals surface area contributed by atoms with Crippen molar-refractivity contribution in [3.8, 4) is 5.75 Å². The molecule has 1 aliphatic carbocycles. The average molecular weight is 276 g/mol. The van der Waals surface area contributed by atoms with Crippen LogP contribution in [0, 0.1) is 5.92 Å². The van der Waals surface area contributed by atoms with E-state index in [9.17, 15) is 18.0 Å². The van der Waals surface area contributed by atoms with Gasteiger partial charge in [-0.25, -0.2) is 0 Å². The lowest BCUT2D eigenvalue weighted by atomic mass is 9.95. The van der Waals surface area contributed by atoms with Crippen molar-refractivity contribution in [1.82, 2.24) is 0 Å². The van der Waals surface area contributed by atoms with Crippen molar-refractivity contribution in [2.45, 2.75) is 19.5 Å². The molecular formula is C12H11F3O2S. The number of thiophene rings is 1. The third-order valence-corrected chi connectivity index (χ3v) is 4.13. The molecule has 2 nitrogen and oxygen atoms in total. The van der Waals surface area contributed by atoms with Crippen LogP contribution < -0.4 is 4.74 Å². The summed E-state index contributed by atoms with van der Waals surface area (Å²) in [5.74, 6) is -1.28. The van der Waals surface area contributed by atoms with E-state index in [0.29, 0.717) is 21.1 Å². The van der Waals surface area contributed by atoms with Crippen LogP contribution in [0.15, 0.2) is 6.08 Å². The quantitative estimate of drug-likeness (QED) is 0.770. The van der Waals surface area contributed by atoms with E-state index in [1.165, 1.54) is 20.1 Å². The van der Waals surface area contributed by atoms with Gasteiger partial charge in [-0.15, -0.1) is 11.3 Å². The smallest absolute Gasteiger partial charge is 0.395 e. The molecule has 1 heterocycles. The summed E-state index contributed by atoms with van der Waals surface area (Å²) in [5, 5.41) is 0. The van der Waals surface area contributed by atoms with Crippen LogP contribution in [-0.2, 0) is 6.42 Å². The van der Waals surface area contributed by atoms with Gasteiger partial charge in [-0.1, -0.05) is 12.2 Å². The van der Waals surface area contributed by atoms with Crippen LogP contribution in [0.4, 0.5) is 13.2 Å². The zero-order valence-corrected chi connectivity index (χ0v) is 10.6. The van der Waals surface area contributed by atoms with Gasteiger partial charge in [-0.2, -0.15) is 13.2 Å². The highest BCUT2D eigenvalue weighted by atomic mass is 32.1. The Balaban J connectivity index is 2.44. The minimum Gasteiger partial charge on any atom is -0.494 e. The maximum absolute atomic E-state index is 12.6. The predicted octanol–water partition coefficient (Wildman–Crippen LogP) is 3.71. The minimum absolute atomic E-state index is 0.121. The van der Waals surface area contributed by atoms with Crippen molar-refractivity contribution in [1.29, 1.82) is 0 Å². The van der Waals surface area contributed by atoms with E-state index >= 15 is 0 Å². The molecule has 98 valence electrons. The first-order valence-electron chi connectivity index (χ1n) is 5.30. The molecule has 6 heteroatoms. The van der Waals surface area contributed by atoms with Gasteiger partial charge in [0.2, 0.25) is 0 Å². The zero-order valence-electron chi connectivity index (χ0n) is 9.80. The Labute approximate surface area is 106 Å². The van der Waals surface area contributed by atoms with E-state index in [0.717, 1.165) is 17.4 Å². The highest BCUT2D eigenvalue weighted by molar-refractivity contribution is 7.14. The van der Waals surface area contributed by atoms with E-state index in [-0.39, 0.29) is 12.2 Å². The molecule has 0 bridgehead atoms. The highest BCUT2D eigenvalue weighted by Gasteiger charge is 2.40. The van der Waals surface area contributed by atoms with Gasteiger partial charge in [-0.05, 0) is 6.42 Å². The van der Waals surface area contributed by atoms with Crippen LogP contribution in [0.1, 0.15) is 27.0 Å². The second-order valence-corrected chi connectivity index (χ2v) is 5.17. The molecule has 2 rings (SSSR count). The van der Waals surface area contributed by atoms with Crippen molar-refractivity contribution in [2.75, 3.05) is 7.11 Å². The Morgan fingerprint density at radius 3 is 2.67 bits per heavy atom. The second kappa shape index (κ2) is 4.42. The number of ketones is 1.